The highest BCUT2D eigenvalue weighted by molar-refractivity contribution is 8.00. The maximum Gasteiger partial charge on any atom is 0.417 e. The summed E-state index contributed by atoms with van der Waals surface area (Å²) in [5.74, 6) is 2.59. The summed E-state index contributed by atoms with van der Waals surface area (Å²) in [6.45, 7) is 2.26. The molecular weight excluding hydrogens is 702 g/mol. The molecule has 5 aromatic carbocycles. The van der Waals surface area contributed by atoms with Crippen LogP contribution in [-0.4, -0.2) is 54.6 Å². The number of tetrazole rings is 1. The summed E-state index contributed by atoms with van der Waals surface area (Å²) < 4.78 is 65.1. The molecule has 0 atom stereocenters. The van der Waals surface area contributed by atoms with Gasteiger partial charge < -0.3 is 23.8 Å². The fraction of sp³-hybridized carbons (Fsp3) is 0.225. The first-order valence-electron chi connectivity index (χ1n) is 16.9. The Morgan fingerprint density at radius 1 is 0.755 bits per heavy atom. The van der Waals surface area contributed by atoms with E-state index in [1.807, 2.05) is 89.2 Å². The number of rotatable bonds is 13. The Labute approximate surface area is 309 Å². The predicted octanol–water partition coefficient (Wildman–Crippen LogP) is 8.50. The second kappa shape index (κ2) is 15.6. The van der Waals surface area contributed by atoms with Crippen molar-refractivity contribution in [3.05, 3.63) is 131 Å². The Morgan fingerprint density at radius 2 is 1.34 bits per heavy atom. The molecule has 1 saturated heterocycles. The van der Waals surface area contributed by atoms with Gasteiger partial charge in [-0.05, 0) is 105 Å². The van der Waals surface area contributed by atoms with Gasteiger partial charge in [-0.1, -0.05) is 54.6 Å². The van der Waals surface area contributed by atoms with Gasteiger partial charge in [0, 0.05) is 30.3 Å². The number of nitrogens with one attached hydrogen (secondary N) is 1. The average molecular weight is 739 g/mol. The zero-order chi connectivity index (χ0) is 37.0. The molecule has 0 aliphatic carbocycles. The van der Waals surface area contributed by atoms with Gasteiger partial charge >= 0.3 is 6.18 Å². The van der Waals surface area contributed by atoms with Crippen LogP contribution in [0.1, 0.15) is 28.2 Å². The van der Waals surface area contributed by atoms with Gasteiger partial charge in [0.25, 0.3) is 0 Å². The number of aromatic nitrogens is 4. The first-order chi connectivity index (χ1) is 25.7. The molecule has 2 heterocycles. The van der Waals surface area contributed by atoms with Crippen LogP contribution < -0.4 is 23.8 Å². The van der Waals surface area contributed by atoms with E-state index < -0.39 is 11.7 Å². The van der Waals surface area contributed by atoms with Crippen molar-refractivity contribution in [2.24, 2.45) is 0 Å². The number of anilines is 1. The lowest BCUT2D eigenvalue weighted by molar-refractivity contribution is -0.139. The molecule has 1 aliphatic rings. The number of methoxy groups -OCH3 is 3. The molecule has 1 fully saturated rings. The minimum absolute atomic E-state index is 0.0302. The second-order valence-corrected chi connectivity index (χ2v) is 13.6. The topological polar surface area (TPSA) is 86.6 Å². The molecule has 0 unspecified atom stereocenters. The summed E-state index contributed by atoms with van der Waals surface area (Å²) in [6, 6.07) is 32.8. The molecule has 7 rings (SSSR count). The molecule has 0 radical (unpaired) electrons. The third-order valence-corrected chi connectivity index (χ3v) is 10.4. The Bertz CT molecular complexity index is 2140. The lowest BCUT2D eigenvalue weighted by atomic mass is 9.90. The van der Waals surface area contributed by atoms with E-state index in [1.165, 1.54) is 11.6 Å². The number of hydrogen-bond acceptors (Lipinski definition) is 9. The monoisotopic (exact) mass is 738 g/mol. The molecule has 0 amide bonds. The van der Waals surface area contributed by atoms with Crippen LogP contribution in [-0.2, 0) is 19.3 Å². The van der Waals surface area contributed by atoms with Crippen molar-refractivity contribution in [1.29, 1.82) is 0 Å². The Hall–Kier alpha value is -5.53. The first kappa shape index (κ1) is 35.9. The molecule has 1 aromatic heterocycles. The maximum absolute atomic E-state index is 15.2. The van der Waals surface area contributed by atoms with Crippen LogP contribution in [0.25, 0.3) is 22.5 Å². The van der Waals surface area contributed by atoms with E-state index in [9.17, 15) is 0 Å². The summed E-state index contributed by atoms with van der Waals surface area (Å²) >= 11 is 0.996. The molecule has 272 valence electrons. The highest BCUT2D eigenvalue weighted by atomic mass is 32.2. The van der Waals surface area contributed by atoms with E-state index in [1.54, 1.807) is 38.1 Å². The van der Waals surface area contributed by atoms with Gasteiger partial charge in [-0.25, -0.2) is 4.68 Å². The van der Waals surface area contributed by atoms with Crippen molar-refractivity contribution in [3.8, 4) is 39.8 Å². The molecule has 13 heteroatoms. The molecule has 9 nitrogen and oxygen atoms in total. The van der Waals surface area contributed by atoms with Gasteiger partial charge in [0.2, 0.25) is 0 Å². The Kier molecular flexibility index (Phi) is 10.6. The van der Waals surface area contributed by atoms with Crippen LogP contribution in [0.3, 0.4) is 0 Å². The largest absolute Gasteiger partial charge is 0.497 e. The third kappa shape index (κ3) is 7.96. The zero-order valence-corrected chi connectivity index (χ0v) is 30.1. The highest BCUT2D eigenvalue weighted by Crippen LogP contribution is 2.48. The van der Waals surface area contributed by atoms with E-state index in [4.69, 9.17) is 14.2 Å². The van der Waals surface area contributed by atoms with E-state index in [2.05, 4.69) is 20.8 Å². The number of ether oxygens (including phenoxy) is 3. The highest BCUT2D eigenvalue weighted by Gasteiger charge is 2.38. The number of nitrogens with zero attached hydrogens (tertiary/aromatic N) is 5. The van der Waals surface area contributed by atoms with Crippen molar-refractivity contribution >= 4 is 17.6 Å². The van der Waals surface area contributed by atoms with Crippen molar-refractivity contribution in [2.45, 2.75) is 30.1 Å². The lowest BCUT2D eigenvalue weighted by Crippen LogP contribution is -2.39. The van der Waals surface area contributed by atoms with Crippen LogP contribution >= 0.6 is 11.9 Å². The normalized spacial score (nSPS) is 13.0. The molecular formula is C40H37F3N6O3S. The van der Waals surface area contributed by atoms with Crippen molar-refractivity contribution < 1.29 is 27.4 Å². The van der Waals surface area contributed by atoms with E-state index in [-0.39, 0.29) is 29.4 Å². The number of hydrogen-bond donors (Lipinski definition) is 1. The van der Waals surface area contributed by atoms with Crippen molar-refractivity contribution in [2.75, 3.05) is 38.7 Å². The zero-order valence-electron chi connectivity index (χ0n) is 29.3. The quantitative estimate of drug-likeness (QED) is 0.117. The van der Waals surface area contributed by atoms with Gasteiger partial charge in [0.1, 0.15) is 17.2 Å². The van der Waals surface area contributed by atoms with Crippen LogP contribution in [0.5, 0.6) is 17.2 Å². The lowest BCUT2D eigenvalue weighted by Gasteiger charge is -2.28. The van der Waals surface area contributed by atoms with Gasteiger partial charge in [0.15, 0.2) is 5.82 Å². The van der Waals surface area contributed by atoms with E-state index in [0.717, 1.165) is 47.8 Å². The smallest absolute Gasteiger partial charge is 0.417 e. The fourth-order valence-electron chi connectivity index (χ4n) is 6.15. The summed E-state index contributed by atoms with van der Waals surface area (Å²) in [5.41, 5.74) is 4.35. The molecule has 0 spiro atoms. The van der Waals surface area contributed by atoms with Crippen LogP contribution in [0, 0.1) is 0 Å². The second-order valence-electron chi connectivity index (χ2n) is 12.5. The molecule has 1 aliphatic heterocycles. The van der Waals surface area contributed by atoms with E-state index >= 15 is 13.2 Å². The average Bonchev–Trinajstić information content (AvgIpc) is 3.61. The Balaban J connectivity index is 1.40. The molecule has 0 bridgehead atoms. The molecule has 1 N–H and O–H groups in total. The van der Waals surface area contributed by atoms with E-state index in [0.29, 0.717) is 34.4 Å². The molecule has 6 aromatic rings. The Morgan fingerprint density at radius 3 is 1.89 bits per heavy atom. The van der Waals surface area contributed by atoms with Crippen LogP contribution in [0.15, 0.2) is 114 Å². The van der Waals surface area contributed by atoms with Gasteiger partial charge in [0.05, 0.1) is 44.9 Å². The predicted molar refractivity (Wildman–Crippen MR) is 199 cm³/mol. The minimum Gasteiger partial charge on any atom is -0.497 e. The maximum atomic E-state index is 15.2. The third-order valence-electron chi connectivity index (χ3n) is 9.23. The SMILES string of the molecule is COc1ccc(CN(Sc2c(C(F)(F)F)ccc(-c3ccc(C4CNC4)cc3)c2-c2nnnn2Cc2ccc(OC)cc2)c2ccc(OC)cc2)cc1. The number of halogens is 3. The summed E-state index contributed by atoms with van der Waals surface area (Å²) in [6.07, 6.45) is -4.70. The van der Waals surface area contributed by atoms with Crippen LogP contribution in [0.4, 0.5) is 18.9 Å². The van der Waals surface area contributed by atoms with Crippen LogP contribution in [0.2, 0.25) is 0 Å². The summed E-state index contributed by atoms with van der Waals surface area (Å²) in [7, 11) is 4.74. The van der Waals surface area contributed by atoms with Gasteiger partial charge in [-0.15, -0.1) is 5.10 Å². The fourth-order valence-corrected chi connectivity index (χ4v) is 7.38. The van der Waals surface area contributed by atoms with Gasteiger partial charge in [-0.3, -0.25) is 0 Å². The molecule has 53 heavy (non-hydrogen) atoms. The van der Waals surface area contributed by atoms with Crippen molar-refractivity contribution in [3.63, 3.8) is 0 Å². The van der Waals surface area contributed by atoms with Crippen molar-refractivity contribution in [1.82, 2.24) is 25.5 Å². The standard InChI is InChI=1S/C40H37F3N6O3S/c1-50-32-14-4-26(5-15-32)24-48-39(45-46-47-48)37-35(29-10-8-28(9-11-29)30-22-44-23-30)20-21-36(40(41,42)43)38(37)53-49(31-12-18-34(52-3)19-13-31)25-27-6-16-33(51-2)17-7-27/h4-21,30,44H,22-25H2,1-3H3. The minimum atomic E-state index is -4.70. The number of alkyl halides is 3. The van der Waals surface area contributed by atoms with Gasteiger partial charge in [-0.2, -0.15) is 13.2 Å². The summed E-state index contributed by atoms with van der Waals surface area (Å²) in [4.78, 5) is -0.0302. The first-order valence-corrected chi connectivity index (χ1v) is 17.7. The molecule has 0 saturated carbocycles. The number of benzene rings is 5. The summed E-state index contributed by atoms with van der Waals surface area (Å²) in [5, 5.41) is 16.0.